The van der Waals surface area contributed by atoms with Crippen LogP contribution in [0.4, 0.5) is 8.78 Å². The second-order valence-electron chi connectivity index (χ2n) is 7.57. The van der Waals surface area contributed by atoms with Crippen LogP contribution in [0.1, 0.15) is 30.0 Å². The lowest BCUT2D eigenvalue weighted by atomic mass is 9.90. The van der Waals surface area contributed by atoms with Gasteiger partial charge in [0.2, 0.25) is 0 Å². The van der Waals surface area contributed by atoms with Crippen molar-refractivity contribution < 1.29 is 18.3 Å². The molecule has 2 aromatic carbocycles. The van der Waals surface area contributed by atoms with E-state index >= 15 is 0 Å². The number of methoxy groups -OCH3 is 2. The number of nitrogens with one attached hydrogen (secondary N) is 1. The zero-order chi connectivity index (χ0) is 21.1. The van der Waals surface area contributed by atoms with Gasteiger partial charge in [-0.15, -0.1) is 0 Å². The largest absolute Gasteiger partial charge is 0.497 e. The number of benzene rings is 2. The summed E-state index contributed by atoms with van der Waals surface area (Å²) in [6.07, 6.45) is 3.61. The van der Waals surface area contributed by atoms with Gasteiger partial charge < -0.3 is 9.47 Å². The molecule has 0 unspecified atom stereocenters. The predicted molar refractivity (Wildman–Crippen MR) is 111 cm³/mol. The van der Waals surface area contributed by atoms with Crippen molar-refractivity contribution in [3.05, 3.63) is 65.5 Å². The quantitative estimate of drug-likeness (QED) is 0.634. The summed E-state index contributed by atoms with van der Waals surface area (Å²) in [6, 6.07) is 9.46. The molecular formula is C23H25F2N3O2. The van der Waals surface area contributed by atoms with E-state index in [0.29, 0.717) is 11.1 Å². The number of halogens is 2. The van der Waals surface area contributed by atoms with Crippen molar-refractivity contribution in [2.45, 2.75) is 25.3 Å². The van der Waals surface area contributed by atoms with Crippen LogP contribution >= 0.6 is 0 Å². The maximum absolute atomic E-state index is 14.4. The highest BCUT2D eigenvalue weighted by Crippen LogP contribution is 2.35. The third-order valence-corrected chi connectivity index (χ3v) is 5.69. The first-order valence-electron chi connectivity index (χ1n) is 10.0. The Morgan fingerprint density at radius 1 is 1.10 bits per heavy atom. The van der Waals surface area contributed by atoms with E-state index in [-0.39, 0.29) is 5.92 Å². The third-order valence-electron chi connectivity index (χ3n) is 5.69. The number of piperidine rings is 1. The highest BCUT2D eigenvalue weighted by molar-refractivity contribution is 5.66. The summed E-state index contributed by atoms with van der Waals surface area (Å²) in [5.41, 5.74) is 3.01. The van der Waals surface area contributed by atoms with E-state index in [1.807, 2.05) is 18.2 Å². The van der Waals surface area contributed by atoms with Gasteiger partial charge in [-0.3, -0.25) is 10.00 Å². The molecule has 4 rings (SSSR count). The molecule has 7 heteroatoms. The first kappa shape index (κ1) is 20.3. The van der Waals surface area contributed by atoms with Gasteiger partial charge in [-0.1, -0.05) is 0 Å². The molecule has 0 radical (unpaired) electrons. The molecule has 1 saturated heterocycles. The Balaban J connectivity index is 1.55. The highest BCUT2D eigenvalue weighted by atomic mass is 19.1. The summed E-state index contributed by atoms with van der Waals surface area (Å²) in [4.78, 5) is 2.36. The Hall–Kier alpha value is -2.93. The number of H-pyrrole nitrogens is 1. The van der Waals surface area contributed by atoms with Crippen LogP contribution in [0.15, 0.2) is 42.6 Å². The average Bonchev–Trinajstić information content (AvgIpc) is 3.23. The maximum atomic E-state index is 14.4. The molecule has 2 heterocycles. The van der Waals surface area contributed by atoms with Gasteiger partial charge in [-0.2, -0.15) is 5.10 Å². The number of hydrogen-bond acceptors (Lipinski definition) is 4. The van der Waals surface area contributed by atoms with Gasteiger partial charge in [0.15, 0.2) is 0 Å². The van der Waals surface area contributed by atoms with Crippen LogP contribution in [0.3, 0.4) is 0 Å². The Morgan fingerprint density at radius 3 is 2.73 bits per heavy atom. The monoisotopic (exact) mass is 413 g/mol. The first-order valence-corrected chi connectivity index (χ1v) is 10.0. The molecule has 1 atom stereocenters. The maximum Gasteiger partial charge on any atom is 0.134 e. The lowest BCUT2D eigenvalue weighted by molar-refractivity contribution is 0.196. The summed E-state index contributed by atoms with van der Waals surface area (Å²) in [5.74, 6) is 0.636. The summed E-state index contributed by atoms with van der Waals surface area (Å²) in [6.45, 7) is 2.49. The normalized spacial score (nSPS) is 17.1. The minimum Gasteiger partial charge on any atom is -0.497 e. The van der Waals surface area contributed by atoms with E-state index in [1.54, 1.807) is 20.4 Å². The van der Waals surface area contributed by atoms with Gasteiger partial charge in [0, 0.05) is 47.5 Å². The van der Waals surface area contributed by atoms with Crippen molar-refractivity contribution in [3.8, 4) is 22.6 Å². The SMILES string of the molecule is COc1ccc(OC)c(CN2CCC[C@@H](c3[nH]ncc3-c3ccc(F)cc3F)C2)c1. The van der Waals surface area contributed by atoms with Crippen molar-refractivity contribution >= 4 is 0 Å². The van der Waals surface area contributed by atoms with E-state index in [4.69, 9.17) is 9.47 Å². The van der Waals surface area contributed by atoms with Crippen molar-refractivity contribution in [1.82, 2.24) is 15.1 Å². The van der Waals surface area contributed by atoms with Crippen LogP contribution < -0.4 is 9.47 Å². The summed E-state index contributed by atoms with van der Waals surface area (Å²) in [5, 5.41) is 7.22. The van der Waals surface area contributed by atoms with Crippen LogP contribution in [0, 0.1) is 11.6 Å². The third kappa shape index (κ3) is 4.16. The average molecular weight is 413 g/mol. The second kappa shape index (κ2) is 8.83. The van der Waals surface area contributed by atoms with E-state index in [1.165, 1.54) is 12.1 Å². The van der Waals surface area contributed by atoms with E-state index in [9.17, 15) is 8.78 Å². The van der Waals surface area contributed by atoms with Crippen LogP contribution in [-0.4, -0.2) is 42.4 Å². The van der Waals surface area contributed by atoms with Crippen LogP contribution in [0.5, 0.6) is 11.5 Å². The number of rotatable bonds is 6. The topological polar surface area (TPSA) is 50.4 Å². The van der Waals surface area contributed by atoms with Gasteiger partial charge in [0.05, 0.1) is 20.4 Å². The standard InChI is InChI=1S/C23H25F2N3O2/c1-29-18-6-8-22(30-2)16(10-18)14-28-9-3-4-15(13-28)23-20(12-26-27-23)19-7-5-17(24)11-21(19)25/h5-8,10-12,15H,3-4,9,13-14H2,1-2H3,(H,26,27)/t15-/m1/s1. The molecule has 0 aliphatic carbocycles. The molecule has 1 fully saturated rings. The molecule has 5 nitrogen and oxygen atoms in total. The summed E-state index contributed by atoms with van der Waals surface area (Å²) < 4.78 is 38.6. The minimum absolute atomic E-state index is 0.178. The molecule has 0 saturated carbocycles. The Morgan fingerprint density at radius 2 is 1.97 bits per heavy atom. The van der Waals surface area contributed by atoms with E-state index < -0.39 is 11.6 Å². The van der Waals surface area contributed by atoms with Gasteiger partial charge in [0.25, 0.3) is 0 Å². The molecule has 3 aromatic rings. The Bertz CT molecular complexity index is 1020. The van der Waals surface area contributed by atoms with Gasteiger partial charge in [-0.25, -0.2) is 8.78 Å². The second-order valence-corrected chi connectivity index (χ2v) is 7.57. The van der Waals surface area contributed by atoms with E-state index in [2.05, 4.69) is 15.1 Å². The number of ether oxygens (including phenoxy) is 2. The number of aromatic nitrogens is 2. The summed E-state index contributed by atoms with van der Waals surface area (Å²) >= 11 is 0. The molecular weight excluding hydrogens is 388 g/mol. The van der Waals surface area contributed by atoms with Crippen molar-refractivity contribution in [2.24, 2.45) is 0 Å². The molecule has 1 aromatic heterocycles. The van der Waals surface area contributed by atoms with Crippen LogP contribution in [0.2, 0.25) is 0 Å². The van der Waals surface area contributed by atoms with Crippen LogP contribution in [0.25, 0.3) is 11.1 Å². The Kier molecular flexibility index (Phi) is 5.99. The molecule has 0 spiro atoms. The van der Waals surface area contributed by atoms with Crippen molar-refractivity contribution in [2.75, 3.05) is 27.3 Å². The number of hydrogen-bond donors (Lipinski definition) is 1. The van der Waals surface area contributed by atoms with E-state index in [0.717, 1.165) is 61.3 Å². The highest BCUT2D eigenvalue weighted by Gasteiger charge is 2.26. The molecule has 1 aliphatic heterocycles. The van der Waals surface area contributed by atoms with Gasteiger partial charge >= 0.3 is 0 Å². The number of nitrogens with zero attached hydrogens (tertiary/aromatic N) is 2. The lowest BCUT2D eigenvalue weighted by Gasteiger charge is -2.33. The zero-order valence-corrected chi connectivity index (χ0v) is 17.1. The molecule has 1 aliphatic rings. The fraction of sp³-hybridized carbons (Fsp3) is 0.348. The Labute approximate surface area is 174 Å². The molecule has 0 amide bonds. The predicted octanol–water partition coefficient (Wildman–Crippen LogP) is 4.75. The van der Waals surface area contributed by atoms with Gasteiger partial charge in [-0.05, 0) is 49.7 Å². The lowest BCUT2D eigenvalue weighted by Crippen LogP contribution is -2.34. The van der Waals surface area contributed by atoms with Gasteiger partial charge in [0.1, 0.15) is 23.1 Å². The fourth-order valence-corrected chi connectivity index (χ4v) is 4.21. The number of likely N-dealkylation sites (tertiary alicyclic amines) is 1. The zero-order valence-electron chi connectivity index (χ0n) is 17.1. The minimum atomic E-state index is -0.586. The van der Waals surface area contributed by atoms with Crippen molar-refractivity contribution in [3.63, 3.8) is 0 Å². The molecule has 158 valence electrons. The summed E-state index contributed by atoms with van der Waals surface area (Å²) in [7, 11) is 3.31. The molecule has 30 heavy (non-hydrogen) atoms. The first-order chi connectivity index (χ1) is 14.6. The molecule has 1 N–H and O–H groups in total. The number of aromatic amines is 1. The molecule has 0 bridgehead atoms. The van der Waals surface area contributed by atoms with Crippen molar-refractivity contribution in [1.29, 1.82) is 0 Å². The van der Waals surface area contributed by atoms with Crippen LogP contribution in [-0.2, 0) is 6.54 Å². The fourth-order valence-electron chi connectivity index (χ4n) is 4.21. The smallest absolute Gasteiger partial charge is 0.134 e.